The Morgan fingerprint density at radius 2 is 2.21 bits per heavy atom. The third-order valence-electron chi connectivity index (χ3n) is 3.74. The summed E-state index contributed by atoms with van der Waals surface area (Å²) >= 11 is 3.38. The van der Waals surface area contributed by atoms with Crippen LogP contribution in [0.5, 0.6) is 0 Å². The highest BCUT2D eigenvalue weighted by atomic mass is 32.2. The van der Waals surface area contributed by atoms with Crippen molar-refractivity contribution in [3.63, 3.8) is 0 Å². The second-order valence-electron chi connectivity index (χ2n) is 4.88. The minimum absolute atomic E-state index is 0.187. The number of hydrogen-bond acceptors (Lipinski definition) is 4. The fourth-order valence-electron chi connectivity index (χ4n) is 2.67. The fourth-order valence-corrected chi connectivity index (χ4v) is 4.64. The number of carbonyl (C=O) groups is 2. The van der Waals surface area contributed by atoms with Crippen molar-refractivity contribution >= 4 is 35.5 Å². The van der Waals surface area contributed by atoms with Crippen molar-refractivity contribution in [1.82, 2.24) is 10.2 Å². The molecule has 1 aliphatic heterocycles. The van der Waals surface area contributed by atoms with Crippen LogP contribution in [0.1, 0.15) is 19.3 Å². The number of nitrogens with one attached hydrogen (secondary N) is 1. The lowest BCUT2D eigenvalue weighted by Crippen LogP contribution is -2.56. The standard InChI is InChI=1S/C12H20N2O3S2/c1-18-10-4-2-3-8(10)13-12(17)14-5-6-19-7-9(14)11(15)16/h8-10H,2-7H2,1H3,(H,13,17)(H,15,16). The van der Waals surface area contributed by atoms with Crippen molar-refractivity contribution in [2.24, 2.45) is 0 Å². The molecule has 0 radical (unpaired) electrons. The van der Waals surface area contributed by atoms with Gasteiger partial charge < -0.3 is 15.3 Å². The van der Waals surface area contributed by atoms with E-state index in [4.69, 9.17) is 0 Å². The minimum Gasteiger partial charge on any atom is -0.480 e. The first kappa shape index (κ1) is 14.8. The van der Waals surface area contributed by atoms with Gasteiger partial charge in [0.2, 0.25) is 0 Å². The highest BCUT2D eigenvalue weighted by molar-refractivity contribution is 7.99. The van der Waals surface area contributed by atoms with Gasteiger partial charge in [0.05, 0.1) is 0 Å². The number of nitrogens with zero attached hydrogens (tertiary/aromatic N) is 1. The quantitative estimate of drug-likeness (QED) is 0.826. The van der Waals surface area contributed by atoms with Crippen LogP contribution in [-0.2, 0) is 4.79 Å². The number of amides is 2. The summed E-state index contributed by atoms with van der Waals surface area (Å²) in [4.78, 5) is 24.9. The smallest absolute Gasteiger partial charge is 0.327 e. The highest BCUT2D eigenvalue weighted by Crippen LogP contribution is 2.28. The molecule has 2 N–H and O–H groups in total. The maximum Gasteiger partial charge on any atom is 0.327 e. The molecule has 2 fully saturated rings. The molecule has 2 rings (SSSR count). The summed E-state index contributed by atoms with van der Waals surface area (Å²) in [6.07, 6.45) is 5.32. The van der Waals surface area contributed by atoms with E-state index in [1.54, 1.807) is 23.5 Å². The Bertz CT molecular complexity index is 354. The van der Waals surface area contributed by atoms with Crippen molar-refractivity contribution < 1.29 is 14.7 Å². The molecular weight excluding hydrogens is 284 g/mol. The van der Waals surface area contributed by atoms with E-state index < -0.39 is 12.0 Å². The first-order valence-corrected chi connectivity index (χ1v) is 8.98. The Morgan fingerprint density at radius 1 is 1.42 bits per heavy atom. The molecule has 2 amide bonds. The predicted octanol–water partition coefficient (Wildman–Crippen LogP) is 1.48. The molecule has 1 saturated carbocycles. The zero-order chi connectivity index (χ0) is 13.8. The van der Waals surface area contributed by atoms with Crippen molar-refractivity contribution in [1.29, 1.82) is 0 Å². The van der Waals surface area contributed by atoms with Gasteiger partial charge >= 0.3 is 12.0 Å². The minimum atomic E-state index is -0.907. The van der Waals surface area contributed by atoms with Gasteiger partial charge in [-0.3, -0.25) is 0 Å². The normalized spacial score (nSPS) is 31.2. The van der Waals surface area contributed by atoms with Crippen LogP contribution in [0.2, 0.25) is 0 Å². The van der Waals surface area contributed by atoms with E-state index in [0.29, 0.717) is 17.5 Å². The lowest BCUT2D eigenvalue weighted by Gasteiger charge is -2.34. The highest BCUT2D eigenvalue weighted by Gasteiger charge is 2.35. The Balaban J connectivity index is 1.95. The molecule has 3 unspecified atom stereocenters. The van der Waals surface area contributed by atoms with Gasteiger partial charge in [-0.05, 0) is 19.1 Å². The second-order valence-corrected chi connectivity index (χ2v) is 7.11. The van der Waals surface area contributed by atoms with Gasteiger partial charge in [-0.1, -0.05) is 6.42 Å². The first-order chi connectivity index (χ1) is 9.13. The fraction of sp³-hybridized carbons (Fsp3) is 0.833. The number of carboxylic acids is 1. The molecular formula is C12H20N2O3S2. The number of carboxylic acid groups (broad SMARTS) is 1. The second kappa shape index (κ2) is 6.74. The molecule has 2 aliphatic rings. The topological polar surface area (TPSA) is 69.6 Å². The molecule has 19 heavy (non-hydrogen) atoms. The van der Waals surface area contributed by atoms with Crippen LogP contribution in [0.3, 0.4) is 0 Å². The zero-order valence-corrected chi connectivity index (χ0v) is 12.6. The monoisotopic (exact) mass is 304 g/mol. The van der Waals surface area contributed by atoms with Gasteiger partial charge in [0, 0.05) is 29.3 Å². The van der Waals surface area contributed by atoms with Crippen molar-refractivity contribution in [3.8, 4) is 0 Å². The third kappa shape index (κ3) is 3.51. The first-order valence-electron chi connectivity index (χ1n) is 6.54. The summed E-state index contributed by atoms with van der Waals surface area (Å²) in [5, 5.41) is 12.7. The predicted molar refractivity (Wildman–Crippen MR) is 78.9 cm³/mol. The van der Waals surface area contributed by atoms with Crippen LogP contribution in [0.4, 0.5) is 4.79 Å². The van der Waals surface area contributed by atoms with E-state index in [0.717, 1.165) is 25.0 Å². The summed E-state index contributed by atoms with van der Waals surface area (Å²) in [6, 6.07) is -0.710. The maximum atomic E-state index is 12.3. The lowest BCUT2D eigenvalue weighted by atomic mass is 10.2. The van der Waals surface area contributed by atoms with Crippen molar-refractivity contribution in [3.05, 3.63) is 0 Å². The molecule has 1 heterocycles. The molecule has 0 aromatic heterocycles. The number of urea groups is 1. The summed E-state index contributed by atoms with van der Waals surface area (Å²) in [5.74, 6) is 0.392. The third-order valence-corrected chi connectivity index (χ3v) is 5.93. The van der Waals surface area contributed by atoms with Gasteiger partial charge in [-0.15, -0.1) is 0 Å². The van der Waals surface area contributed by atoms with Gasteiger partial charge in [0.25, 0.3) is 0 Å². The average molecular weight is 304 g/mol. The van der Waals surface area contributed by atoms with Crippen LogP contribution < -0.4 is 5.32 Å². The Kier molecular flexibility index (Phi) is 5.27. The average Bonchev–Trinajstić information content (AvgIpc) is 2.85. The largest absolute Gasteiger partial charge is 0.480 e. The van der Waals surface area contributed by atoms with E-state index in [1.165, 1.54) is 4.90 Å². The Morgan fingerprint density at radius 3 is 2.89 bits per heavy atom. The molecule has 0 aromatic carbocycles. The van der Waals surface area contributed by atoms with Gasteiger partial charge in [-0.2, -0.15) is 23.5 Å². The zero-order valence-electron chi connectivity index (χ0n) is 11.0. The molecule has 3 atom stereocenters. The molecule has 1 saturated heterocycles. The molecule has 0 spiro atoms. The van der Waals surface area contributed by atoms with Crippen LogP contribution in [0.15, 0.2) is 0 Å². The van der Waals surface area contributed by atoms with Crippen molar-refractivity contribution in [2.75, 3.05) is 24.3 Å². The van der Waals surface area contributed by atoms with E-state index in [1.807, 2.05) is 0 Å². The van der Waals surface area contributed by atoms with E-state index in [2.05, 4.69) is 11.6 Å². The number of thioether (sulfide) groups is 2. The van der Waals surface area contributed by atoms with E-state index in [-0.39, 0.29) is 12.1 Å². The number of carbonyl (C=O) groups excluding carboxylic acids is 1. The van der Waals surface area contributed by atoms with Crippen LogP contribution >= 0.6 is 23.5 Å². The molecule has 0 bridgehead atoms. The van der Waals surface area contributed by atoms with Gasteiger partial charge in [0.1, 0.15) is 6.04 Å². The lowest BCUT2D eigenvalue weighted by molar-refractivity contribution is -0.141. The van der Waals surface area contributed by atoms with Crippen LogP contribution in [-0.4, -0.2) is 63.6 Å². The van der Waals surface area contributed by atoms with Crippen LogP contribution in [0.25, 0.3) is 0 Å². The summed E-state index contributed by atoms with van der Waals surface area (Å²) in [7, 11) is 0. The van der Waals surface area contributed by atoms with E-state index >= 15 is 0 Å². The van der Waals surface area contributed by atoms with Crippen molar-refractivity contribution in [2.45, 2.75) is 36.6 Å². The Labute approximate surface area is 121 Å². The summed E-state index contributed by atoms with van der Waals surface area (Å²) in [5.41, 5.74) is 0. The summed E-state index contributed by atoms with van der Waals surface area (Å²) < 4.78 is 0. The molecule has 0 aromatic rings. The number of hydrogen-bond donors (Lipinski definition) is 2. The van der Waals surface area contributed by atoms with Gasteiger partial charge in [0.15, 0.2) is 0 Å². The SMILES string of the molecule is CSC1CCCC1NC(=O)N1CCSCC1C(=O)O. The van der Waals surface area contributed by atoms with Gasteiger partial charge in [-0.25, -0.2) is 9.59 Å². The maximum absolute atomic E-state index is 12.3. The molecule has 1 aliphatic carbocycles. The number of aliphatic carboxylic acids is 1. The molecule has 5 nitrogen and oxygen atoms in total. The van der Waals surface area contributed by atoms with Crippen LogP contribution in [0, 0.1) is 0 Å². The molecule has 7 heteroatoms. The number of rotatable bonds is 3. The summed E-state index contributed by atoms with van der Waals surface area (Å²) in [6.45, 7) is 0.518. The Hall–Kier alpha value is -0.560. The van der Waals surface area contributed by atoms with E-state index in [9.17, 15) is 14.7 Å². The molecule has 108 valence electrons.